The van der Waals surface area contributed by atoms with Gasteiger partial charge in [0, 0.05) is 30.9 Å². The highest BCUT2D eigenvalue weighted by atomic mass is 19.3. The molecule has 0 radical (unpaired) electrons. The third kappa shape index (κ3) is 4.00. The van der Waals surface area contributed by atoms with Gasteiger partial charge in [0.25, 0.3) is 17.7 Å². The van der Waals surface area contributed by atoms with Crippen LogP contribution in [-0.2, 0) is 12.5 Å². The first-order valence-electron chi connectivity index (χ1n) is 8.73. The monoisotopic (exact) mass is 395 g/mol. The lowest BCUT2D eigenvalue weighted by Gasteiger charge is -2.29. The molecule has 0 spiro atoms. The smallest absolute Gasteiger partial charge is 0.289 e. The van der Waals surface area contributed by atoms with Crippen molar-refractivity contribution in [3.8, 4) is 0 Å². The van der Waals surface area contributed by atoms with Crippen LogP contribution in [0.4, 0.5) is 18.9 Å². The average Bonchev–Trinajstić information content (AvgIpc) is 2.90. The van der Waals surface area contributed by atoms with Crippen molar-refractivity contribution in [1.29, 1.82) is 0 Å². The summed E-state index contributed by atoms with van der Waals surface area (Å²) in [6, 6.07) is 2.72. The lowest BCUT2D eigenvalue weighted by Crippen LogP contribution is -2.30. The summed E-state index contributed by atoms with van der Waals surface area (Å²) in [6.45, 7) is 2.27. The van der Waals surface area contributed by atoms with Crippen LogP contribution in [0.15, 0.2) is 18.3 Å². The Morgan fingerprint density at radius 1 is 1.39 bits per heavy atom. The second kappa shape index (κ2) is 7.25. The number of primary amides is 1. The van der Waals surface area contributed by atoms with Crippen molar-refractivity contribution in [2.24, 2.45) is 11.7 Å². The molecule has 1 fully saturated rings. The van der Waals surface area contributed by atoms with Crippen molar-refractivity contribution in [1.82, 2.24) is 14.8 Å². The molecular weight excluding hydrogens is 375 g/mol. The lowest BCUT2D eigenvalue weighted by atomic mass is 9.83. The van der Waals surface area contributed by atoms with Crippen molar-refractivity contribution < 1.29 is 22.8 Å². The van der Waals surface area contributed by atoms with Crippen molar-refractivity contribution in [3.63, 3.8) is 0 Å². The van der Waals surface area contributed by atoms with Crippen LogP contribution >= 0.6 is 0 Å². The van der Waals surface area contributed by atoms with Gasteiger partial charge in [0.1, 0.15) is 23.3 Å². The second-order valence-electron chi connectivity index (χ2n) is 7.08. The Balaban J connectivity index is 1.92. The molecule has 2 amide bonds. The van der Waals surface area contributed by atoms with E-state index in [-0.39, 0.29) is 35.1 Å². The molecule has 10 heteroatoms. The van der Waals surface area contributed by atoms with Gasteiger partial charge in [-0.05, 0) is 37.8 Å². The molecule has 1 saturated carbocycles. The highest BCUT2D eigenvalue weighted by molar-refractivity contribution is 6.04. The number of amides is 2. The molecule has 28 heavy (non-hydrogen) atoms. The molecule has 3 rings (SSSR count). The molecule has 2 aromatic heterocycles. The van der Waals surface area contributed by atoms with Crippen molar-refractivity contribution >= 4 is 17.5 Å². The second-order valence-corrected chi connectivity index (χ2v) is 7.08. The summed E-state index contributed by atoms with van der Waals surface area (Å²) in [5, 5.41) is 6.48. The maximum atomic E-state index is 13.9. The number of carbonyl (C=O) groups excluding carboxylic acids is 2. The van der Waals surface area contributed by atoms with E-state index in [9.17, 15) is 22.8 Å². The van der Waals surface area contributed by atoms with E-state index in [0.29, 0.717) is 19.8 Å². The zero-order valence-electron chi connectivity index (χ0n) is 15.4. The SMILES string of the molecule is Cc1c(C(C)(F)F)nn(C[C@H]2C[C@@H](F)C2)c1C(=O)Nc1ccnc(C(N)=O)c1. The molecule has 3 N–H and O–H groups in total. The Morgan fingerprint density at radius 2 is 2.07 bits per heavy atom. The van der Waals surface area contributed by atoms with E-state index in [0.717, 1.165) is 0 Å². The fourth-order valence-corrected chi connectivity index (χ4v) is 3.27. The quantitative estimate of drug-likeness (QED) is 0.785. The molecule has 150 valence electrons. The van der Waals surface area contributed by atoms with Gasteiger partial charge in [0.15, 0.2) is 0 Å². The third-order valence-corrected chi connectivity index (χ3v) is 4.70. The molecule has 1 aliphatic rings. The number of hydrogen-bond acceptors (Lipinski definition) is 4. The fourth-order valence-electron chi connectivity index (χ4n) is 3.27. The van der Waals surface area contributed by atoms with Crippen molar-refractivity contribution in [2.75, 3.05) is 5.32 Å². The van der Waals surface area contributed by atoms with Crippen LogP contribution in [-0.4, -0.2) is 32.8 Å². The average molecular weight is 395 g/mol. The molecule has 1 aliphatic carbocycles. The Bertz CT molecular complexity index is 916. The highest BCUT2D eigenvalue weighted by Crippen LogP contribution is 2.34. The Kier molecular flexibility index (Phi) is 5.14. The van der Waals surface area contributed by atoms with Gasteiger partial charge in [-0.3, -0.25) is 19.3 Å². The normalized spacial score (nSPS) is 19.2. The van der Waals surface area contributed by atoms with Crippen molar-refractivity contribution in [3.05, 3.63) is 41.0 Å². The number of nitrogens with two attached hydrogens (primary N) is 1. The molecular formula is C18H20F3N5O2. The van der Waals surface area contributed by atoms with E-state index in [1.807, 2.05) is 0 Å². The number of pyridine rings is 1. The molecule has 2 aromatic rings. The predicted molar refractivity (Wildman–Crippen MR) is 94.9 cm³/mol. The van der Waals surface area contributed by atoms with Gasteiger partial charge in [-0.2, -0.15) is 13.9 Å². The minimum absolute atomic E-state index is 0.0312. The van der Waals surface area contributed by atoms with Crippen LogP contribution < -0.4 is 11.1 Å². The van der Waals surface area contributed by atoms with Gasteiger partial charge in [0.2, 0.25) is 0 Å². The van der Waals surface area contributed by atoms with Crippen LogP contribution in [0.5, 0.6) is 0 Å². The standard InChI is InChI=1S/C18H20F3N5O2/c1-9-14(17(28)24-12-3-4-23-13(7-12)16(22)27)26(8-10-5-11(19)6-10)25-15(9)18(2,20)21/h3-4,7,10-11H,5-6,8H2,1-2H3,(H2,22,27)(H,23,24,28)/t10-,11+. The van der Waals surface area contributed by atoms with Gasteiger partial charge in [-0.15, -0.1) is 0 Å². The van der Waals surface area contributed by atoms with E-state index in [1.165, 1.54) is 29.9 Å². The van der Waals surface area contributed by atoms with E-state index >= 15 is 0 Å². The maximum Gasteiger partial charge on any atom is 0.289 e. The minimum Gasteiger partial charge on any atom is -0.364 e. The molecule has 0 bridgehead atoms. The summed E-state index contributed by atoms with van der Waals surface area (Å²) in [6.07, 6.45) is 1.00. The molecule has 2 heterocycles. The molecule has 0 atom stereocenters. The van der Waals surface area contributed by atoms with Gasteiger partial charge in [-0.25, -0.2) is 4.39 Å². The van der Waals surface area contributed by atoms with Crippen LogP contribution in [0.25, 0.3) is 0 Å². The first-order valence-corrected chi connectivity index (χ1v) is 8.73. The van der Waals surface area contributed by atoms with E-state index in [1.54, 1.807) is 0 Å². The Labute approximate surface area is 159 Å². The number of anilines is 1. The fraction of sp³-hybridized carbons (Fsp3) is 0.444. The summed E-state index contributed by atoms with van der Waals surface area (Å²) in [7, 11) is 0. The summed E-state index contributed by atoms with van der Waals surface area (Å²) in [5.41, 5.74) is 4.87. The Hall–Kier alpha value is -2.91. The van der Waals surface area contributed by atoms with Gasteiger partial charge < -0.3 is 11.1 Å². The number of alkyl halides is 3. The number of aromatic nitrogens is 3. The zero-order valence-corrected chi connectivity index (χ0v) is 15.4. The number of halogens is 3. The van der Waals surface area contributed by atoms with Crippen LogP contribution in [0.3, 0.4) is 0 Å². The van der Waals surface area contributed by atoms with Crippen molar-refractivity contribution in [2.45, 2.75) is 45.3 Å². The lowest BCUT2D eigenvalue weighted by molar-refractivity contribution is 0.0110. The topological polar surface area (TPSA) is 103 Å². The molecule has 0 aromatic carbocycles. The summed E-state index contributed by atoms with van der Waals surface area (Å²) in [5.74, 6) is -4.74. The van der Waals surface area contributed by atoms with Crippen LogP contribution in [0.2, 0.25) is 0 Å². The first-order chi connectivity index (χ1) is 13.1. The van der Waals surface area contributed by atoms with Gasteiger partial charge >= 0.3 is 0 Å². The van der Waals surface area contributed by atoms with Gasteiger partial charge in [0.05, 0.1) is 0 Å². The van der Waals surface area contributed by atoms with E-state index < -0.39 is 29.6 Å². The third-order valence-electron chi connectivity index (χ3n) is 4.70. The first kappa shape index (κ1) is 19.8. The summed E-state index contributed by atoms with van der Waals surface area (Å²) in [4.78, 5) is 27.8. The summed E-state index contributed by atoms with van der Waals surface area (Å²) >= 11 is 0. The highest BCUT2D eigenvalue weighted by Gasteiger charge is 2.36. The van der Waals surface area contributed by atoms with Crippen LogP contribution in [0.1, 0.15) is 52.0 Å². The summed E-state index contributed by atoms with van der Waals surface area (Å²) < 4.78 is 42.2. The van der Waals surface area contributed by atoms with E-state index in [2.05, 4.69) is 15.4 Å². The molecule has 0 saturated heterocycles. The zero-order chi connectivity index (χ0) is 20.6. The molecule has 0 aliphatic heterocycles. The minimum atomic E-state index is -3.23. The largest absolute Gasteiger partial charge is 0.364 e. The maximum absolute atomic E-state index is 13.9. The number of carbonyl (C=O) groups is 2. The molecule has 0 unspecified atom stereocenters. The number of hydrogen-bond donors (Lipinski definition) is 2. The number of rotatable bonds is 6. The number of nitrogens with zero attached hydrogens (tertiary/aromatic N) is 3. The number of nitrogens with one attached hydrogen (secondary N) is 1. The van der Waals surface area contributed by atoms with E-state index in [4.69, 9.17) is 5.73 Å². The Morgan fingerprint density at radius 3 is 2.64 bits per heavy atom. The predicted octanol–water partition coefficient (Wildman–Crippen LogP) is 2.80. The van der Waals surface area contributed by atoms with Crippen LogP contribution in [0, 0.1) is 12.8 Å². The molecule has 7 nitrogen and oxygen atoms in total. The van der Waals surface area contributed by atoms with Gasteiger partial charge in [-0.1, -0.05) is 0 Å².